The Labute approximate surface area is 163 Å². The smallest absolute Gasteiger partial charge is 0.282 e. The van der Waals surface area contributed by atoms with Crippen molar-refractivity contribution in [2.45, 2.75) is 19.3 Å². The second kappa shape index (κ2) is 7.19. The zero-order valence-electron chi connectivity index (χ0n) is 15.6. The molecule has 2 aliphatic heterocycles. The first-order valence-corrected chi connectivity index (χ1v) is 10.1. The summed E-state index contributed by atoms with van der Waals surface area (Å²) < 4.78 is 0. The molecule has 2 amide bonds. The van der Waals surface area contributed by atoms with Crippen LogP contribution in [0.3, 0.4) is 0 Å². The molecule has 0 radical (unpaired) electrons. The fraction of sp³-hybridized carbons (Fsp3) is 0.333. The monoisotopic (exact) mass is 381 g/mol. The number of nitrogens with zero attached hydrogens (tertiary/aromatic N) is 3. The molecule has 1 fully saturated rings. The summed E-state index contributed by atoms with van der Waals surface area (Å²) in [6.07, 6.45) is 3.28. The molecule has 3 heterocycles. The molecule has 1 aromatic heterocycles. The number of hydrogen-bond donors (Lipinski definition) is 0. The van der Waals surface area contributed by atoms with Crippen LogP contribution < -0.4 is 9.80 Å². The quantitative estimate of drug-likeness (QED) is 0.760. The summed E-state index contributed by atoms with van der Waals surface area (Å²) in [5.41, 5.74) is 2.69. The maximum Gasteiger partial charge on any atom is 0.282 e. The van der Waals surface area contributed by atoms with Gasteiger partial charge in [0.1, 0.15) is 5.70 Å². The van der Waals surface area contributed by atoms with E-state index in [1.165, 1.54) is 22.7 Å². The normalized spacial score (nSPS) is 17.9. The number of carbonyl (C=O) groups is 2. The van der Waals surface area contributed by atoms with Gasteiger partial charge in [-0.1, -0.05) is 12.1 Å². The molecule has 27 heavy (non-hydrogen) atoms. The summed E-state index contributed by atoms with van der Waals surface area (Å²) in [6, 6.07) is 11.4. The Hall–Kier alpha value is -2.60. The number of likely N-dealkylation sites (tertiary alicyclic amines) is 1. The van der Waals surface area contributed by atoms with E-state index in [-0.39, 0.29) is 11.8 Å². The lowest BCUT2D eigenvalue weighted by atomic mass is 10.1. The fourth-order valence-corrected chi connectivity index (χ4v) is 4.48. The minimum atomic E-state index is -0.223. The third kappa shape index (κ3) is 3.14. The van der Waals surface area contributed by atoms with E-state index < -0.39 is 0 Å². The van der Waals surface area contributed by atoms with Gasteiger partial charge in [-0.25, -0.2) is 4.90 Å². The van der Waals surface area contributed by atoms with Crippen LogP contribution in [0.2, 0.25) is 0 Å². The molecule has 0 atom stereocenters. The molecule has 5 nitrogen and oxygen atoms in total. The molecule has 0 spiro atoms. The van der Waals surface area contributed by atoms with Crippen LogP contribution in [0, 0.1) is 0 Å². The van der Waals surface area contributed by atoms with Crippen molar-refractivity contribution in [2.75, 3.05) is 37.0 Å². The summed E-state index contributed by atoms with van der Waals surface area (Å²) in [5, 5.41) is 1.95. The van der Waals surface area contributed by atoms with Gasteiger partial charge in [0.05, 0.1) is 11.3 Å². The number of piperidine rings is 1. The van der Waals surface area contributed by atoms with Crippen molar-refractivity contribution in [1.82, 2.24) is 4.90 Å². The zero-order chi connectivity index (χ0) is 19.0. The Bertz CT molecular complexity index is 896. The summed E-state index contributed by atoms with van der Waals surface area (Å²) in [5.74, 6) is -0.430. The van der Waals surface area contributed by atoms with Crippen molar-refractivity contribution in [2.24, 2.45) is 0 Å². The van der Waals surface area contributed by atoms with Gasteiger partial charge in [0.2, 0.25) is 0 Å². The van der Waals surface area contributed by atoms with Crippen LogP contribution >= 0.6 is 11.3 Å². The summed E-state index contributed by atoms with van der Waals surface area (Å²) in [7, 11) is 3.89. The van der Waals surface area contributed by atoms with Gasteiger partial charge in [0, 0.05) is 37.7 Å². The highest BCUT2D eigenvalue weighted by Gasteiger charge is 2.43. The van der Waals surface area contributed by atoms with E-state index in [0.29, 0.717) is 17.0 Å². The summed E-state index contributed by atoms with van der Waals surface area (Å²) in [4.78, 5) is 33.0. The van der Waals surface area contributed by atoms with Crippen molar-refractivity contribution in [3.05, 3.63) is 52.4 Å². The molecule has 0 aliphatic carbocycles. The highest BCUT2D eigenvalue weighted by Crippen LogP contribution is 2.38. The van der Waals surface area contributed by atoms with E-state index in [1.54, 1.807) is 0 Å². The highest BCUT2D eigenvalue weighted by atomic mass is 32.1. The maximum atomic E-state index is 13.4. The number of rotatable bonds is 4. The van der Waals surface area contributed by atoms with Crippen LogP contribution in [0.5, 0.6) is 0 Å². The van der Waals surface area contributed by atoms with Crippen molar-refractivity contribution in [3.63, 3.8) is 0 Å². The van der Waals surface area contributed by atoms with Crippen molar-refractivity contribution < 1.29 is 9.59 Å². The lowest BCUT2D eigenvalue weighted by molar-refractivity contribution is -0.120. The van der Waals surface area contributed by atoms with E-state index >= 15 is 0 Å². The average molecular weight is 382 g/mol. The number of carbonyl (C=O) groups excluding carboxylic acids is 2. The van der Waals surface area contributed by atoms with Crippen molar-refractivity contribution >= 4 is 40.1 Å². The average Bonchev–Trinajstić information content (AvgIpc) is 3.28. The van der Waals surface area contributed by atoms with E-state index in [2.05, 4.69) is 4.90 Å². The fourth-order valence-electron chi connectivity index (χ4n) is 3.72. The molecule has 0 unspecified atom stereocenters. The van der Waals surface area contributed by atoms with Crippen LogP contribution in [-0.2, 0) is 9.59 Å². The lowest BCUT2D eigenvalue weighted by Gasteiger charge is -2.29. The molecule has 2 aliphatic rings. The van der Waals surface area contributed by atoms with Crippen molar-refractivity contribution in [1.29, 1.82) is 0 Å². The van der Waals surface area contributed by atoms with Gasteiger partial charge < -0.3 is 9.80 Å². The van der Waals surface area contributed by atoms with Gasteiger partial charge in [-0.05, 0) is 48.9 Å². The van der Waals surface area contributed by atoms with Crippen LogP contribution in [0.25, 0.3) is 5.57 Å². The second-order valence-corrected chi connectivity index (χ2v) is 8.06. The molecule has 0 bridgehead atoms. The standard InChI is InChI=1S/C21H23N3O2S/c1-22(2)15-8-6-9-16(14-15)24-20(25)18(17-10-7-13-27-17)19(21(24)26)23-11-4-3-5-12-23/h6-10,13-14H,3-5,11-12H2,1-2H3. The molecule has 1 aromatic carbocycles. The van der Waals surface area contributed by atoms with Gasteiger partial charge in [-0.3, -0.25) is 9.59 Å². The van der Waals surface area contributed by atoms with Gasteiger partial charge in [0.25, 0.3) is 11.8 Å². The van der Waals surface area contributed by atoms with Crippen molar-refractivity contribution in [3.8, 4) is 0 Å². The molecular weight excluding hydrogens is 358 g/mol. The maximum absolute atomic E-state index is 13.4. The number of benzene rings is 1. The highest BCUT2D eigenvalue weighted by molar-refractivity contribution is 7.11. The Kier molecular flexibility index (Phi) is 4.74. The number of imide groups is 1. The first-order chi connectivity index (χ1) is 13.1. The largest absolute Gasteiger partial charge is 0.378 e. The Morgan fingerprint density at radius 1 is 0.963 bits per heavy atom. The van der Waals surface area contributed by atoms with E-state index in [0.717, 1.165) is 36.5 Å². The molecular formula is C21H23N3O2S. The van der Waals surface area contributed by atoms with Crippen LogP contribution in [0.15, 0.2) is 47.5 Å². The molecule has 0 saturated carbocycles. The predicted octanol–water partition coefficient (Wildman–Crippen LogP) is 3.58. The number of amides is 2. The first kappa shape index (κ1) is 17.8. The third-order valence-electron chi connectivity index (χ3n) is 5.10. The second-order valence-electron chi connectivity index (χ2n) is 7.11. The first-order valence-electron chi connectivity index (χ1n) is 9.27. The SMILES string of the molecule is CN(C)c1cccc(N2C(=O)C(c3cccs3)=C(N3CCCCC3)C2=O)c1. The lowest BCUT2D eigenvalue weighted by Crippen LogP contribution is -2.37. The van der Waals surface area contributed by atoms with Gasteiger partial charge in [0.15, 0.2) is 0 Å². The summed E-state index contributed by atoms with van der Waals surface area (Å²) >= 11 is 1.51. The zero-order valence-corrected chi connectivity index (χ0v) is 16.5. The topological polar surface area (TPSA) is 43.9 Å². The molecule has 0 N–H and O–H groups in total. The van der Waals surface area contributed by atoms with Gasteiger partial charge in [-0.2, -0.15) is 0 Å². The summed E-state index contributed by atoms with van der Waals surface area (Å²) in [6.45, 7) is 1.66. The molecule has 1 saturated heterocycles. The van der Waals surface area contributed by atoms with E-state index in [4.69, 9.17) is 0 Å². The Morgan fingerprint density at radius 3 is 2.41 bits per heavy atom. The van der Waals surface area contributed by atoms with Crippen LogP contribution in [0.4, 0.5) is 11.4 Å². The molecule has 6 heteroatoms. The van der Waals surface area contributed by atoms with E-state index in [1.807, 2.05) is 60.8 Å². The number of hydrogen-bond acceptors (Lipinski definition) is 5. The van der Waals surface area contributed by atoms with E-state index in [9.17, 15) is 9.59 Å². The molecule has 2 aromatic rings. The van der Waals surface area contributed by atoms with Crippen LogP contribution in [-0.4, -0.2) is 43.9 Å². The van der Waals surface area contributed by atoms with Crippen LogP contribution in [0.1, 0.15) is 24.1 Å². The predicted molar refractivity (Wildman–Crippen MR) is 110 cm³/mol. The minimum absolute atomic E-state index is 0.207. The molecule has 4 rings (SSSR count). The third-order valence-corrected chi connectivity index (χ3v) is 5.99. The van der Waals surface area contributed by atoms with Gasteiger partial charge in [-0.15, -0.1) is 11.3 Å². The van der Waals surface area contributed by atoms with Gasteiger partial charge >= 0.3 is 0 Å². The Morgan fingerprint density at radius 2 is 1.74 bits per heavy atom. The molecule has 140 valence electrons. The number of thiophene rings is 1. The number of anilines is 2. The minimum Gasteiger partial charge on any atom is -0.378 e. The Balaban J connectivity index is 1.79.